The summed E-state index contributed by atoms with van der Waals surface area (Å²) in [6, 6.07) is -0.850. The van der Waals surface area contributed by atoms with Crippen LogP contribution in [0.2, 0.25) is 0 Å². The Kier molecular flexibility index (Phi) is 2.70. The van der Waals surface area contributed by atoms with Crippen LogP contribution in [0.3, 0.4) is 0 Å². The predicted molar refractivity (Wildman–Crippen MR) is 50.2 cm³/mol. The fourth-order valence-corrected chi connectivity index (χ4v) is 1.02. The van der Waals surface area contributed by atoms with Crippen molar-refractivity contribution in [2.45, 2.75) is 13.5 Å². The first-order chi connectivity index (χ1) is 6.56. The molecule has 1 rings (SSSR count). The number of hydrogen-bond donors (Lipinski definition) is 3. The van der Waals surface area contributed by atoms with Gasteiger partial charge in [-0.1, -0.05) is 0 Å². The molecule has 0 spiro atoms. The second-order valence-electron chi connectivity index (χ2n) is 2.55. The first kappa shape index (κ1) is 10.0. The Bertz CT molecular complexity index is 459. The Labute approximate surface area is 78.5 Å². The van der Waals surface area contributed by atoms with Crippen molar-refractivity contribution in [3.05, 3.63) is 27.0 Å². The summed E-state index contributed by atoms with van der Waals surface area (Å²) in [7, 11) is 0. The molecule has 0 aliphatic heterocycles. The van der Waals surface area contributed by atoms with Crippen molar-refractivity contribution in [1.82, 2.24) is 9.55 Å². The van der Waals surface area contributed by atoms with Crippen LogP contribution in [0.25, 0.3) is 0 Å². The number of aromatic amines is 1. The van der Waals surface area contributed by atoms with E-state index in [1.165, 1.54) is 0 Å². The van der Waals surface area contributed by atoms with Gasteiger partial charge in [0, 0.05) is 12.7 Å². The van der Waals surface area contributed by atoms with Gasteiger partial charge in [-0.3, -0.25) is 9.36 Å². The van der Waals surface area contributed by atoms with E-state index in [0.717, 1.165) is 10.8 Å². The van der Waals surface area contributed by atoms with E-state index in [2.05, 4.69) is 10.3 Å². The Morgan fingerprint density at radius 3 is 2.79 bits per heavy atom. The fraction of sp³-hybridized carbons (Fsp3) is 0.286. The van der Waals surface area contributed by atoms with Gasteiger partial charge in [0.2, 0.25) is 0 Å². The third kappa shape index (κ3) is 1.82. The molecule has 0 aromatic carbocycles. The summed E-state index contributed by atoms with van der Waals surface area (Å²) in [5.74, 6) is 0. The largest absolute Gasteiger partial charge is 0.351 e. The number of primary amides is 1. The second-order valence-corrected chi connectivity index (χ2v) is 2.55. The highest BCUT2D eigenvalue weighted by Gasteiger charge is 2.06. The average Bonchev–Trinajstić information content (AvgIpc) is 2.10. The molecular weight excluding hydrogens is 188 g/mol. The molecule has 0 bridgehead atoms. The number of carbonyl (C=O) groups excluding carboxylic acids is 1. The minimum atomic E-state index is -0.850. The summed E-state index contributed by atoms with van der Waals surface area (Å²) in [5, 5.41) is 2.11. The summed E-state index contributed by atoms with van der Waals surface area (Å²) in [6.07, 6.45) is 1.11. The molecule has 7 nitrogen and oxygen atoms in total. The molecule has 0 atom stereocenters. The predicted octanol–water partition coefficient (Wildman–Crippen LogP) is -0.953. The number of H-pyrrole nitrogens is 1. The van der Waals surface area contributed by atoms with Crippen LogP contribution in [-0.4, -0.2) is 15.6 Å². The van der Waals surface area contributed by atoms with Crippen molar-refractivity contribution in [2.75, 3.05) is 5.32 Å². The molecule has 0 radical (unpaired) electrons. The number of anilines is 1. The summed E-state index contributed by atoms with van der Waals surface area (Å²) in [4.78, 5) is 35.3. The van der Waals surface area contributed by atoms with Gasteiger partial charge in [-0.2, -0.15) is 0 Å². The number of hydrogen-bond acceptors (Lipinski definition) is 3. The van der Waals surface area contributed by atoms with Gasteiger partial charge in [-0.25, -0.2) is 9.59 Å². The highest BCUT2D eigenvalue weighted by molar-refractivity contribution is 5.87. The molecule has 1 aromatic heterocycles. The zero-order valence-corrected chi connectivity index (χ0v) is 7.53. The SMILES string of the molecule is CCn1c(=O)[nH]cc(NC(N)=O)c1=O. The third-order valence-corrected chi connectivity index (χ3v) is 1.63. The molecule has 0 aliphatic rings. The molecule has 0 unspecified atom stereocenters. The van der Waals surface area contributed by atoms with Crippen LogP contribution in [0.4, 0.5) is 10.5 Å². The monoisotopic (exact) mass is 198 g/mol. The molecule has 0 saturated heterocycles. The lowest BCUT2D eigenvalue weighted by Crippen LogP contribution is -2.37. The first-order valence-electron chi connectivity index (χ1n) is 3.95. The average molecular weight is 198 g/mol. The lowest BCUT2D eigenvalue weighted by Gasteiger charge is -2.03. The van der Waals surface area contributed by atoms with Gasteiger partial charge in [-0.15, -0.1) is 0 Å². The van der Waals surface area contributed by atoms with Crippen molar-refractivity contribution in [3.63, 3.8) is 0 Å². The van der Waals surface area contributed by atoms with Crippen LogP contribution < -0.4 is 22.3 Å². The van der Waals surface area contributed by atoms with Crippen molar-refractivity contribution >= 4 is 11.7 Å². The van der Waals surface area contributed by atoms with Crippen molar-refractivity contribution in [3.8, 4) is 0 Å². The van der Waals surface area contributed by atoms with E-state index in [-0.39, 0.29) is 12.2 Å². The van der Waals surface area contributed by atoms with E-state index < -0.39 is 17.3 Å². The third-order valence-electron chi connectivity index (χ3n) is 1.63. The molecule has 14 heavy (non-hydrogen) atoms. The minimum absolute atomic E-state index is 0.0426. The lowest BCUT2D eigenvalue weighted by molar-refractivity contribution is 0.259. The van der Waals surface area contributed by atoms with E-state index in [9.17, 15) is 14.4 Å². The maximum Gasteiger partial charge on any atom is 0.328 e. The Morgan fingerprint density at radius 1 is 1.64 bits per heavy atom. The topological polar surface area (TPSA) is 110 Å². The summed E-state index contributed by atoms with van der Waals surface area (Å²) in [5.41, 5.74) is 3.70. The molecule has 2 amide bonds. The molecular formula is C7H10N4O3. The first-order valence-corrected chi connectivity index (χ1v) is 3.95. The number of amides is 2. The number of rotatable bonds is 2. The molecule has 1 aromatic rings. The van der Waals surface area contributed by atoms with E-state index >= 15 is 0 Å². The molecule has 0 saturated carbocycles. The quantitative estimate of drug-likeness (QED) is 0.569. The van der Waals surface area contributed by atoms with Crippen molar-refractivity contribution in [1.29, 1.82) is 0 Å². The molecule has 7 heteroatoms. The minimum Gasteiger partial charge on any atom is -0.351 e. The zero-order chi connectivity index (χ0) is 10.7. The summed E-state index contributed by atoms with van der Waals surface area (Å²) >= 11 is 0. The van der Waals surface area contributed by atoms with E-state index in [1.807, 2.05) is 0 Å². The summed E-state index contributed by atoms with van der Waals surface area (Å²) in [6.45, 7) is 1.87. The van der Waals surface area contributed by atoms with Crippen LogP contribution in [0, 0.1) is 0 Å². The maximum atomic E-state index is 11.4. The highest BCUT2D eigenvalue weighted by atomic mass is 16.2. The number of aromatic nitrogens is 2. The molecule has 1 heterocycles. The van der Waals surface area contributed by atoms with Crippen LogP contribution in [0.15, 0.2) is 15.8 Å². The summed E-state index contributed by atoms with van der Waals surface area (Å²) < 4.78 is 0.950. The number of nitrogens with zero attached hydrogens (tertiary/aromatic N) is 1. The highest BCUT2D eigenvalue weighted by Crippen LogP contribution is 1.91. The van der Waals surface area contributed by atoms with Crippen LogP contribution in [-0.2, 0) is 6.54 Å². The van der Waals surface area contributed by atoms with Crippen molar-refractivity contribution in [2.24, 2.45) is 5.73 Å². The van der Waals surface area contributed by atoms with E-state index in [0.29, 0.717) is 0 Å². The van der Waals surface area contributed by atoms with Gasteiger partial charge in [0.05, 0.1) is 0 Å². The Hall–Kier alpha value is -2.05. The van der Waals surface area contributed by atoms with Crippen LogP contribution >= 0.6 is 0 Å². The van der Waals surface area contributed by atoms with Gasteiger partial charge >= 0.3 is 11.7 Å². The number of nitrogens with two attached hydrogens (primary N) is 1. The normalized spacial score (nSPS) is 9.79. The molecule has 0 fully saturated rings. The lowest BCUT2D eigenvalue weighted by atomic mass is 10.5. The Balaban J connectivity index is 3.29. The van der Waals surface area contributed by atoms with Gasteiger partial charge in [0.15, 0.2) is 0 Å². The van der Waals surface area contributed by atoms with E-state index in [4.69, 9.17) is 5.73 Å². The number of urea groups is 1. The second kappa shape index (κ2) is 3.77. The van der Waals surface area contributed by atoms with Crippen LogP contribution in [0.5, 0.6) is 0 Å². The van der Waals surface area contributed by atoms with Gasteiger partial charge < -0.3 is 16.0 Å². The molecule has 76 valence electrons. The van der Waals surface area contributed by atoms with Gasteiger partial charge in [0.25, 0.3) is 5.56 Å². The Morgan fingerprint density at radius 2 is 2.29 bits per heavy atom. The number of nitrogens with one attached hydrogen (secondary N) is 2. The number of carbonyl (C=O) groups is 1. The zero-order valence-electron chi connectivity index (χ0n) is 7.53. The fourth-order valence-electron chi connectivity index (χ4n) is 1.02. The molecule has 0 aliphatic carbocycles. The van der Waals surface area contributed by atoms with Crippen molar-refractivity contribution < 1.29 is 4.79 Å². The van der Waals surface area contributed by atoms with Gasteiger partial charge in [-0.05, 0) is 6.92 Å². The standard InChI is InChI=1S/C7H10N4O3/c1-2-11-5(12)4(10-6(8)13)3-9-7(11)14/h3H,2H2,1H3,(H,9,14)(H3,8,10,13). The van der Waals surface area contributed by atoms with Gasteiger partial charge in [0.1, 0.15) is 5.69 Å². The van der Waals surface area contributed by atoms with E-state index in [1.54, 1.807) is 6.92 Å². The van der Waals surface area contributed by atoms with Crippen LogP contribution in [0.1, 0.15) is 6.92 Å². The maximum absolute atomic E-state index is 11.4. The molecule has 4 N–H and O–H groups in total. The smallest absolute Gasteiger partial charge is 0.328 e.